The first-order valence-corrected chi connectivity index (χ1v) is 7.82. The molecular formula is C17H16N6O3. The number of aryl methyl sites for hydroxylation is 1. The summed E-state index contributed by atoms with van der Waals surface area (Å²) in [5.74, 6) is 2.05. The number of imidazole rings is 1. The van der Waals surface area contributed by atoms with Crippen LogP contribution in [-0.4, -0.2) is 39.4 Å². The number of hydrogen-bond acceptors (Lipinski definition) is 8. The van der Waals surface area contributed by atoms with Crippen LogP contribution in [0.2, 0.25) is 0 Å². The minimum atomic E-state index is 0.222. The van der Waals surface area contributed by atoms with E-state index in [9.17, 15) is 0 Å². The smallest absolute Gasteiger partial charge is 0.322 e. The number of benzene rings is 1. The SMILES string of the molecule is COc1ccc(-c2nnc(Nc3nc4c(C)nccc4[nH]3)o2)cc1OC. The lowest BCUT2D eigenvalue weighted by Crippen LogP contribution is -1.92. The van der Waals surface area contributed by atoms with E-state index >= 15 is 0 Å². The van der Waals surface area contributed by atoms with Gasteiger partial charge in [-0.25, -0.2) is 4.98 Å². The van der Waals surface area contributed by atoms with Gasteiger partial charge in [0, 0.05) is 11.8 Å². The van der Waals surface area contributed by atoms with Gasteiger partial charge in [-0.15, -0.1) is 5.10 Å². The lowest BCUT2D eigenvalue weighted by Gasteiger charge is -2.07. The molecule has 3 aromatic heterocycles. The minimum absolute atomic E-state index is 0.222. The molecule has 9 nitrogen and oxygen atoms in total. The number of anilines is 2. The summed E-state index contributed by atoms with van der Waals surface area (Å²) in [5.41, 5.74) is 3.21. The standard InChI is InChI=1S/C17H16N6O3/c1-9-14-11(6-7-18-9)19-16(20-14)21-17-23-22-15(26-17)10-4-5-12(24-2)13(8-10)25-3/h4-8H,1-3H3,(H2,19,20,21,23). The minimum Gasteiger partial charge on any atom is -0.493 e. The van der Waals surface area contributed by atoms with Crippen molar-refractivity contribution in [3.63, 3.8) is 0 Å². The van der Waals surface area contributed by atoms with Crippen LogP contribution in [0.4, 0.5) is 12.0 Å². The molecule has 0 spiro atoms. The number of hydrogen-bond donors (Lipinski definition) is 2. The van der Waals surface area contributed by atoms with Crippen LogP contribution in [0.25, 0.3) is 22.5 Å². The Kier molecular flexibility index (Phi) is 3.88. The van der Waals surface area contributed by atoms with E-state index < -0.39 is 0 Å². The zero-order valence-corrected chi connectivity index (χ0v) is 14.4. The van der Waals surface area contributed by atoms with Gasteiger partial charge in [0.1, 0.15) is 5.52 Å². The summed E-state index contributed by atoms with van der Waals surface area (Å²) in [4.78, 5) is 11.8. The maximum absolute atomic E-state index is 5.67. The molecule has 0 amide bonds. The van der Waals surface area contributed by atoms with Crippen molar-refractivity contribution in [1.82, 2.24) is 25.1 Å². The molecule has 26 heavy (non-hydrogen) atoms. The second-order valence-corrected chi connectivity index (χ2v) is 5.49. The summed E-state index contributed by atoms with van der Waals surface area (Å²) in [6, 6.07) is 7.44. The molecular weight excluding hydrogens is 336 g/mol. The average molecular weight is 352 g/mol. The van der Waals surface area contributed by atoms with Crippen LogP contribution >= 0.6 is 0 Å². The Bertz CT molecular complexity index is 1070. The van der Waals surface area contributed by atoms with Crippen LogP contribution < -0.4 is 14.8 Å². The molecule has 2 N–H and O–H groups in total. The van der Waals surface area contributed by atoms with Gasteiger partial charge in [0.15, 0.2) is 11.5 Å². The van der Waals surface area contributed by atoms with E-state index in [4.69, 9.17) is 13.9 Å². The number of nitrogens with zero attached hydrogens (tertiary/aromatic N) is 4. The highest BCUT2D eigenvalue weighted by Crippen LogP contribution is 2.32. The highest BCUT2D eigenvalue weighted by molar-refractivity contribution is 5.79. The molecule has 0 radical (unpaired) electrons. The maximum atomic E-state index is 5.67. The molecule has 4 rings (SSSR count). The summed E-state index contributed by atoms with van der Waals surface area (Å²) in [5, 5.41) is 11.0. The van der Waals surface area contributed by atoms with E-state index in [1.807, 2.05) is 19.1 Å². The third kappa shape index (κ3) is 2.79. The average Bonchev–Trinajstić information content (AvgIpc) is 3.29. The molecule has 3 heterocycles. The first-order valence-electron chi connectivity index (χ1n) is 7.82. The predicted octanol–water partition coefficient (Wildman–Crippen LogP) is 3.08. The number of aromatic nitrogens is 5. The molecule has 0 saturated heterocycles. The van der Waals surface area contributed by atoms with E-state index in [1.165, 1.54) is 0 Å². The molecule has 0 unspecified atom stereocenters. The Hall–Kier alpha value is -3.62. The lowest BCUT2D eigenvalue weighted by atomic mass is 10.2. The molecule has 132 valence electrons. The number of aromatic amines is 1. The summed E-state index contributed by atoms with van der Waals surface area (Å²) in [7, 11) is 3.15. The molecule has 0 aliphatic heterocycles. The second kappa shape index (κ2) is 6.36. The van der Waals surface area contributed by atoms with Crippen LogP contribution in [0, 0.1) is 6.92 Å². The molecule has 0 aliphatic carbocycles. The van der Waals surface area contributed by atoms with Gasteiger partial charge in [-0.1, -0.05) is 5.10 Å². The Morgan fingerprint density at radius 1 is 1.08 bits per heavy atom. The monoisotopic (exact) mass is 352 g/mol. The van der Waals surface area contributed by atoms with Crippen LogP contribution in [0.3, 0.4) is 0 Å². The van der Waals surface area contributed by atoms with E-state index in [1.54, 1.807) is 32.5 Å². The molecule has 0 saturated carbocycles. The number of pyridine rings is 1. The highest BCUT2D eigenvalue weighted by atomic mass is 16.5. The van der Waals surface area contributed by atoms with Gasteiger partial charge in [0.05, 0.1) is 25.4 Å². The number of ether oxygens (including phenoxy) is 2. The fourth-order valence-electron chi connectivity index (χ4n) is 2.59. The third-order valence-electron chi connectivity index (χ3n) is 3.86. The molecule has 9 heteroatoms. The van der Waals surface area contributed by atoms with E-state index in [0.29, 0.717) is 28.9 Å². The van der Waals surface area contributed by atoms with Crippen LogP contribution in [0.1, 0.15) is 5.69 Å². The lowest BCUT2D eigenvalue weighted by molar-refractivity contribution is 0.355. The third-order valence-corrected chi connectivity index (χ3v) is 3.86. The predicted molar refractivity (Wildman–Crippen MR) is 94.7 cm³/mol. The summed E-state index contributed by atoms with van der Waals surface area (Å²) in [6.45, 7) is 1.90. The van der Waals surface area contributed by atoms with Gasteiger partial charge in [-0.05, 0) is 31.2 Å². The van der Waals surface area contributed by atoms with Gasteiger partial charge in [-0.3, -0.25) is 10.3 Å². The summed E-state index contributed by atoms with van der Waals surface area (Å²) < 4.78 is 16.2. The van der Waals surface area contributed by atoms with Crippen molar-refractivity contribution in [2.24, 2.45) is 0 Å². The molecule has 0 bridgehead atoms. The van der Waals surface area contributed by atoms with Crippen molar-refractivity contribution in [1.29, 1.82) is 0 Å². The number of nitrogens with one attached hydrogen (secondary N) is 2. The molecule has 4 aromatic rings. The number of rotatable bonds is 5. The zero-order valence-electron chi connectivity index (χ0n) is 14.4. The van der Waals surface area contributed by atoms with E-state index in [-0.39, 0.29) is 6.01 Å². The summed E-state index contributed by atoms with van der Waals surface area (Å²) in [6.07, 6.45) is 1.72. The van der Waals surface area contributed by atoms with Crippen molar-refractivity contribution in [2.75, 3.05) is 19.5 Å². The Labute approximate surface area is 148 Å². The summed E-state index contributed by atoms with van der Waals surface area (Å²) >= 11 is 0. The Balaban J connectivity index is 1.60. The maximum Gasteiger partial charge on any atom is 0.322 e. The van der Waals surface area contributed by atoms with Crippen molar-refractivity contribution in [2.45, 2.75) is 6.92 Å². The van der Waals surface area contributed by atoms with Gasteiger partial charge >= 0.3 is 6.01 Å². The Morgan fingerprint density at radius 3 is 2.69 bits per heavy atom. The fourth-order valence-corrected chi connectivity index (χ4v) is 2.59. The molecule has 0 atom stereocenters. The van der Waals surface area contributed by atoms with Gasteiger partial charge in [0.2, 0.25) is 11.8 Å². The van der Waals surface area contributed by atoms with Gasteiger partial charge in [0.25, 0.3) is 0 Å². The topological polar surface area (TPSA) is 111 Å². The first-order chi connectivity index (χ1) is 12.7. The Morgan fingerprint density at radius 2 is 1.92 bits per heavy atom. The van der Waals surface area contributed by atoms with Gasteiger partial charge in [-0.2, -0.15) is 0 Å². The molecule has 1 aromatic carbocycles. The fraction of sp³-hybridized carbons (Fsp3) is 0.176. The van der Waals surface area contributed by atoms with E-state index in [0.717, 1.165) is 16.7 Å². The second-order valence-electron chi connectivity index (χ2n) is 5.49. The van der Waals surface area contributed by atoms with Crippen LogP contribution in [-0.2, 0) is 0 Å². The van der Waals surface area contributed by atoms with Crippen LogP contribution in [0.15, 0.2) is 34.9 Å². The number of fused-ring (bicyclic) bond motifs is 1. The zero-order chi connectivity index (χ0) is 18.1. The van der Waals surface area contributed by atoms with Crippen molar-refractivity contribution >= 4 is 23.0 Å². The number of methoxy groups -OCH3 is 2. The number of H-pyrrole nitrogens is 1. The highest BCUT2D eigenvalue weighted by Gasteiger charge is 2.14. The van der Waals surface area contributed by atoms with Crippen molar-refractivity contribution in [3.8, 4) is 23.0 Å². The molecule has 0 aliphatic rings. The normalized spacial score (nSPS) is 10.9. The van der Waals surface area contributed by atoms with Crippen molar-refractivity contribution < 1.29 is 13.9 Å². The van der Waals surface area contributed by atoms with Gasteiger partial charge < -0.3 is 18.9 Å². The first kappa shape index (κ1) is 15.9. The largest absolute Gasteiger partial charge is 0.493 e. The quantitative estimate of drug-likeness (QED) is 0.564. The molecule has 0 fully saturated rings. The van der Waals surface area contributed by atoms with Crippen molar-refractivity contribution in [3.05, 3.63) is 36.2 Å². The van der Waals surface area contributed by atoms with E-state index in [2.05, 4.69) is 30.5 Å². The van der Waals surface area contributed by atoms with Crippen LogP contribution in [0.5, 0.6) is 11.5 Å².